The van der Waals surface area contributed by atoms with Crippen LogP contribution in [-0.2, 0) is 19.3 Å². The van der Waals surface area contributed by atoms with Gasteiger partial charge in [0.25, 0.3) is 0 Å². The molecule has 0 saturated carbocycles. The SMILES string of the molecule is CCCCc1cc(OC(=O)O)c(O)c(CCCC)c1CCC. The highest BCUT2D eigenvalue weighted by Gasteiger charge is 2.19. The molecule has 0 aliphatic heterocycles. The number of hydrogen-bond donors (Lipinski definition) is 2. The van der Waals surface area contributed by atoms with E-state index < -0.39 is 6.16 Å². The molecule has 0 aliphatic carbocycles. The molecule has 0 atom stereocenters. The molecule has 2 N–H and O–H groups in total. The van der Waals surface area contributed by atoms with Gasteiger partial charge in [0.1, 0.15) is 0 Å². The predicted molar refractivity (Wildman–Crippen MR) is 88.0 cm³/mol. The molecule has 0 amide bonds. The fourth-order valence-electron chi connectivity index (χ4n) is 2.75. The van der Waals surface area contributed by atoms with Crippen LogP contribution in [0.1, 0.15) is 69.6 Å². The minimum Gasteiger partial charge on any atom is -0.504 e. The number of unbranched alkanes of at least 4 members (excludes halogenated alkanes) is 2. The number of benzene rings is 1. The fraction of sp³-hybridized carbons (Fsp3) is 0.611. The first-order valence-electron chi connectivity index (χ1n) is 8.32. The highest BCUT2D eigenvalue weighted by atomic mass is 16.7. The summed E-state index contributed by atoms with van der Waals surface area (Å²) >= 11 is 0. The molecule has 1 aromatic carbocycles. The molecule has 0 bridgehead atoms. The van der Waals surface area contributed by atoms with E-state index in [0.29, 0.717) is 0 Å². The number of phenols is 1. The van der Waals surface area contributed by atoms with E-state index in [1.807, 2.05) is 0 Å². The van der Waals surface area contributed by atoms with E-state index in [4.69, 9.17) is 9.84 Å². The number of carbonyl (C=O) groups is 1. The average molecular weight is 308 g/mol. The van der Waals surface area contributed by atoms with Gasteiger partial charge in [-0.05, 0) is 49.3 Å². The van der Waals surface area contributed by atoms with Crippen LogP contribution in [-0.4, -0.2) is 16.4 Å². The lowest BCUT2D eigenvalue weighted by molar-refractivity contribution is 0.142. The summed E-state index contributed by atoms with van der Waals surface area (Å²) in [6.45, 7) is 6.35. The summed E-state index contributed by atoms with van der Waals surface area (Å²) < 4.78 is 4.79. The van der Waals surface area contributed by atoms with Crippen molar-refractivity contribution >= 4 is 6.16 Å². The summed E-state index contributed by atoms with van der Waals surface area (Å²) in [7, 11) is 0. The summed E-state index contributed by atoms with van der Waals surface area (Å²) in [5, 5.41) is 19.3. The molecule has 0 unspecified atom stereocenters. The maximum atomic E-state index is 10.8. The summed E-state index contributed by atoms with van der Waals surface area (Å²) in [5.41, 5.74) is 3.16. The number of rotatable bonds is 9. The first-order valence-corrected chi connectivity index (χ1v) is 8.32. The highest BCUT2D eigenvalue weighted by molar-refractivity contribution is 5.65. The van der Waals surface area contributed by atoms with E-state index >= 15 is 0 Å². The lowest BCUT2D eigenvalue weighted by Gasteiger charge is -2.18. The van der Waals surface area contributed by atoms with Crippen molar-refractivity contribution in [3.8, 4) is 11.5 Å². The quantitative estimate of drug-likeness (QED) is 0.493. The Kier molecular flexibility index (Phi) is 7.78. The Labute approximate surface area is 133 Å². The Balaban J connectivity index is 3.33. The number of carboxylic acid groups (broad SMARTS) is 1. The number of hydrogen-bond acceptors (Lipinski definition) is 3. The molecular weight excluding hydrogens is 280 g/mol. The van der Waals surface area contributed by atoms with Gasteiger partial charge >= 0.3 is 6.16 Å². The maximum absolute atomic E-state index is 10.8. The first-order chi connectivity index (χ1) is 10.5. The van der Waals surface area contributed by atoms with E-state index in [0.717, 1.165) is 62.5 Å². The third-order valence-corrected chi connectivity index (χ3v) is 3.85. The van der Waals surface area contributed by atoms with Gasteiger partial charge in [0.2, 0.25) is 0 Å². The summed E-state index contributed by atoms with van der Waals surface area (Å²) in [4.78, 5) is 10.8. The minimum atomic E-state index is -1.39. The molecule has 124 valence electrons. The van der Waals surface area contributed by atoms with Crippen molar-refractivity contribution in [2.24, 2.45) is 0 Å². The van der Waals surface area contributed by atoms with Crippen molar-refractivity contribution in [2.45, 2.75) is 72.1 Å². The van der Waals surface area contributed by atoms with Gasteiger partial charge in [-0.25, -0.2) is 4.79 Å². The smallest absolute Gasteiger partial charge is 0.504 e. The van der Waals surface area contributed by atoms with Gasteiger partial charge < -0.3 is 14.9 Å². The Morgan fingerprint density at radius 1 is 1.00 bits per heavy atom. The van der Waals surface area contributed by atoms with Crippen molar-refractivity contribution in [3.63, 3.8) is 0 Å². The van der Waals surface area contributed by atoms with Crippen molar-refractivity contribution in [3.05, 3.63) is 22.8 Å². The molecule has 0 fully saturated rings. The van der Waals surface area contributed by atoms with Gasteiger partial charge in [-0.2, -0.15) is 0 Å². The summed E-state index contributed by atoms with van der Waals surface area (Å²) in [6.07, 6.45) is 6.27. The van der Waals surface area contributed by atoms with Gasteiger partial charge in [0.05, 0.1) is 0 Å². The third-order valence-electron chi connectivity index (χ3n) is 3.85. The molecule has 4 heteroatoms. The second kappa shape index (κ2) is 9.34. The molecule has 0 aromatic heterocycles. The Hall–Kier alpha value is -1.71. The van der Waals surface area contributed by atoms with E-state index in [9.17, 15) is 9.90 Å². The predicted octanol–water partition coefficient (Wildman–Crippen LogP) is 5.09. The molecule has 0 aliphatic rings. The number of ether oxygens (including phenoxy) is 1. The monoisotopic (exact) mass is 308 g/mol. The van der Waals surface area contributed by atoms with Gasteiger partial charge in [-0.3, -0.25) is 0 Å². The van der Waals surface area contributed by atoms with Crippen LogP contribution in [0.25, 0.3) is 0 Å². The van der Waals surface area contributed by atoms with E-state index in [-0.39, 0.29) is 11.5 Å². The van der Waals surface area contributed by atoms with E-state index in [2.05, 4.69) is 20.8 Å². The number of aryl methyl sites for hydroxylation is 1. The standard InChI is InChI=1S/C18H28O4/c1-4-7-10-13-12-16(22-18(20)21)17(19)15(11-8-5-2)14(13)9-6-3/h12,19H,4-11H2,1-3H3,(H,20,21). The largest absolute Gasteiger partial charge is 0.511 e. The molecule has 4 nitrogen and oxygen atoms in total. The Bertz CT molecular complexity index is 494. The van der Waals surface area contributed by atoms with Crippen LogP contribution < -0.4 is 4.74 Å². The zero-order chi connectivity index (χ0) is 16.5. The zero-order valence-electron chi connectivity index (χ0n) is 13.9. The molecule has 22 heavy (non-hydrogen) atoms. The Morgan fingerprint density at radius 3 is 2.18 bits per heavy atom. The second-order valence-corrected chi connectivity index (χ2v) is 5.66. The topological polar surface area (TPSA) is 66.8 Å². The van der Waals surface area contributed by atoms with Gasteiger partial charge in [0.15, 0.2) is 11.5 Å². The number of phenolic OH excluding ortho intramolecular Hbond substituents is 1. The van der Waals surface area contributed by atoms with Gasteiger partial charge in [-0.1, -0.05) is 40.0 Å². The lowest BCUT2D eigenvalue weighted by atomic mass is 9.90. The van der Waals surface area contributed by atoms with Crippen molar-refractivity contribution < 1.29 is 19.7 Å². The first kappa shape index (κ1) is 18.3. The summed E-state index contributed by atoms with van der Waals surface area (Å²) in [5.74, 6) is 0.0732. The minimum absolute atomic E-state index is 0.000418. The third kappa shape index (κ3) is 4.93. The molecule has 0 radical (unpaired) electrons. The van der Waals surface area contributed by atoms with E-state index in [1.54, 1.807) is 6.07 Å². The zero-order valence-corrected chi connectivity index (χ0v) is 13.9. The normalized spacial score (nSPS) is 10.7. The van der Waals surface area contributed by atoms with Crippen molar-refractivity contribution in [1.82, 2.24) is 0 Å². The fourth-order valence-corrected chi connectivity index (χ4v) is 2.75. The second-order valence-electron chi connectivity index (χ2n) is 5.66. The highest BCUT2D eigenvalue weighted by Crippen LogP contribution is 2.37. The van der Waals surface area contributed by atoms with Gasteiger partial charge in [-0.15, -0.1) is 0 Å². The number of aromatic hydroxyl groups is 1. The Morgan fingerprint density at radius 2 is 1.64 bits per heavy atom. The van der Waals surface area contributed by atoms with Crippen LogP contribution in [0.3, 0.4) is 0 Å². The van der Waals surface area contributed by atoms with Crippen LogP contribution in [0.2, 0.25) is 0 Å². The molecule has 1 rings (SSSR count). The van der Waals surface area contributed by atoms with Crippen LogP contribution in [0, 0.1) is 0 Å². The van der Waals surface area contributed by atoms with Crippen LogP contribution >= 0.6 is 0 Å². The van der Waals surface area contributed by atoms with E-state index in [1.165, 1.54) is 5.56 Å². The lowest BCUT2D eigenvalue weighted by Crippen LogP contribution is -2.08. The molecule has 0 spiro atoms. The van der Waals surface area contributed by atoms with Crippen molar-refractivity contribution in [1.29, 1.82) is 0 Å². The van der Waals surface area contributed by atoms with Crippen molar-refractivity contribution in [2.75, 3.05) is 0 Å². The molecule has 0 heterocycles. The van der Waals surface area contributed by atoms with Crippen LogP contribution in [0.4, 0.5) is 4.79 Å². The molecular formula is C18H28O4. The van der Waals surface area contributed by atoms with Crippen LogP contribution in [0.5, 0.6) is 11.5 Å². The van der Waals surface area contributed by atoms with Crippen LogP contribution in [0.15, 0.2) is 6.07 Å². The maximum Gasteiger partial charge on any atom is 0.511 e. The van der Waals surface area contributed by atoms with Gasteiger partial charge in [0, 0.05) is 5.56 Å². The molecule has 1 aromatic rings. The molecule has 0 saturated heterocycles. The summed E-state index contributed by atoms with van der Waals surface area (Å²) in [6, 6.07) is 1.71. The average Bonchev–Trinajstić information content (AvgIpc) is 2.48.